The van der Waals surface area contributed by atoms with E-state index >= 15 is 0 Å². The number of carboxylic acid groups (broad SMARTS) is 1. The van der Waals surface area contributed by atoms with Crippen molar-refractivity contribution < 1.29 is 9.90 Å². The van der Waals surface area contributed by atoms with E-state index in [4.69, 9.17) is 23.2 Å². The van der Waals surface area contributed by atoms with Crippen LogP contribution >= 0.6 is 35.6 Å². The van der Waals surface area contributed by atoms with Crippen LogP contribution in [-0.2, 0) is 6.42 Å². The van der Waals surface area contributed by atoms with Crippen molar-refractivity contribution in [1.82, 2.24) is 29.8 Å². The fourth-order valence-corrected chi connectivity index (χ4v) is 5.42. The number of benzene rings is 1. The average Bonchev–Trinajstić information content (AvgIpc) is 3.67. The van der Waals surface area contributed by atoms with Crippen molar-refractivity contribution >= 4 is 52.9 Å². The number of aromatic nitrogens is 6. The first-order chi connectivity index (χ1) is 17.9. The van der Waals surface area contributed by atoms with Crippen LogP contribution in [0.5, 0.6) is 0 Å². The Morgan fingerprint density at radius 1 is 1.11 bits per heavy atom. The molecule has 0 radical (unpaired) electrons. The minimum Gasteiger partial charge on any atom is -0.477 e. The van der Waals surface area contributed by atoms with Crippen LogP contribution in [0.4, 0.5) is 0 Å². The molecule has 0 spiro atoms. The Morgan fingerprint density at radius 3 is 2.71 bits per heavy atom. The summed E-state index contributed by atoms with van der Waals surface area (Å²) in [5.74, 6) is -1.09. The van der Waals surface area contributed by atoms with Crippen molar-refractivity contribution in [2.24, 2.45) is 4.99 Å². The minimum atomic E-state index is -1.09. The average molecular weight is 571 g/mol. The third-order valence-electron chi connectivity index (χ3n) is 6.59. The lowest BCUT2D eigenvalue weighted by molar-refractivity contribution is 0.0690. The molecule has 0 aliphatic carbocycles. The van der Waals surface area contributed by atoms with Gasteiger partial charge in [-0.25, -0.2) is 9.78 Å². The Balaban J connectivity index is 0.00000294. The van der Waals surface area contributed by atoms with E-state index in [1.807, 2.05) is 0 Å². The molecule has 13 heteroatoms. The summed E-state index contributed by atoms with van der Waals surface area (Å²) >= 11 is 13.2. The highest BCUT2D eigenvalue weighted by molar-refractivity contribution is 6.34. The molecule has 0 bridgehead atoms. The molecule has 0 fully saturated rings. The lowest BCUT2D eigenvalue weighted by Crippen LogP contribution is -2.27. The molecular weight excluding hydrogens is 553 g/mol. The molecule has 1 aromatic carbocycles. The normalized spacial score (nSPS) is 16.0. The maximum absolute atomic E-state index is 13.5. The minimum absolute atomic E-state index is 0. The Labute approximate surface area is 231 Å². The van der Waals surface area contributed by atoms with Gasteiger partial charge in [-0.3, -0.25) is 9.79 Å². The van der Waals surface area contributed by atoms with E-state index in [0.717, 1.165) is 22.5 Å². The van der Waals surface area contributed by atoms with Gasteiger partial charge in [-0.05, 0) is 64.7 Å². The number of aromatic carboxylic acids is 1. The molecule has 2 aliphatic heterocycles. The second-order valence-electron chi connectivity index (χ2n) is 8.68. The molecule has 192 valence electrons. The summed E-state index contributed by atoms with van der Waals surface area (Å²) < 4.78 is 3.20. The topological polar surface area (TPSA) is 128 Å². The van der Waals surface area contributed by atoms with Crippen LogP contribution in [0.15, 0.2) is 64.9 Å². The molecule has 1 N–H and O–H groups in total. The first kappa shape index (κ1) is 25.8. The molecule has 0 saturated heterocycles. The van der Waals surface area contributed by atoms with Gasteiger partial charge in [0.05, 0.1) is 16.8 Å². The van der Waals surface area contributed by atoms with Gasteiger partial charge in [0, 0.05) is 52.4 Å². The fraction of sp³-hybridized carbons (Fsp3) is 0.160. The van der Waals surface area contributed by atoms with Crippen LogP contribution in [-0.4, -0.2) is 46.5 Å². The summed E-state index contributed by atoms with van der Waals surface area (Å²) in [6, 6.07) is 9.77. The van der Waals surface area contributed by atoms with Gasteiger partial charge in [-0.2, -0.15) is 4.68 Å². The number of fused-ring (bicyclic) bond motifs is 1. The molecular formula is C25H18Cl3N7O3. The molecule has 2 aliphatic rings. The van der Waals surface area contributed by atoms with Crippen LogP contribution in [0, 0.1) is 0 Å². The zero-order valence-electron chi connectivity index (χ0n) is 19.5. The molecule has 10 nitrogen and oxygen atoms in total. The third kappa shape index (κ3) is 4.40. The lowest BCUT2D eigenvalue weighted by Gasteiger charge is -2.18. The number of pyridine rings is 2. The summed E-state index contributed by atoms with van der Waals surface area (Å²) in [6.07, 6.45) is 6.41. The molecule has 1 atom stereocenters. The van der Waals surface area contributed by atoms with Crippen molar-refractivity contribution in [1.29, 1.82) is 0 Å². The maximum Gasteiger partial charge on any atom is 0.354 e. The van der Waals surface area contributed by atoms with Gasteiger partial charge in [0.2, 0.25) is 0 Å². The van der Waals surface area contributed by atoms with E-state index < -0.39 is 5.97 Å². The first-order valence-corrected chi connectivity index (χ1v) is 12.1. The number of rotatable bonds is 5. The van der Waals surface area contributed by atoms with Crippen molar-refractivity contribution in [2.45, 2.75) is 25.3 Å². The molecule has 5 heterocycles. The van der Waals surface area contributed by atoms with Crippen molar-refractivity contribution in [3.05, 3.63) is 92.5 Å². The van der Waals surface area contributed by atoms with E-state index in [2.05, 4.69) is 25.5 Å². The van der Waals surface area contributed by atoms with E-state index in [1.165, 1.54) is 29.3 Å². The zero-order chi connectivity index (χ0) is 25.7. The first-order valence-electron chi connectivity index (χ1n) is 11.3. The zero-order valence-corrected chi connectivity index (χ0v) is 21.8. The van der Waals surface area contributed by atoms with Gasteiger partial charge in [0.1, 0.15) is 12.0 Å². The Kier molecular flexibility index (Phi) is 6.87. The summed E-state index contributed by atoms with van der Waals surface area (Å²) in [7, 11) is 0. The second kappa shape index (κ2) is 10.1. The molecule has 0 amide bonds. The van der Waals surface area contributed by atoms with Crippen molar-refractivity contribution in [3.63, 3.8) is 0 Å². The van der Waals surface area contributed by atoms with E-state index in [-0.39, 0.29) is 29.7 Å². The fourth-order valence-electron chi connectivity index (χ4n) is 4.91. The summed E-state index contributed by atoms with van der Waals surface area (Å²) in [5.41, 5.74) is 4.76. The van der Waals surface area contributed by atoms with E-state index in [9.17, 15) is 14.7 Å². The van der Waals surface area contributed by atoms with Crippen LogP contribution in [0.2, 0.25) is 10.0 Å². The Hall–Kier alpha value is -3.86. The number of hydrogen-bond donors (Lipinski definition) is 1. The van der Waals surface area contributed by atoms with Gasteiger partial charge in [0.25, 0.3) is 5.56 Å². The van der Waals surface area contributed by atoms with Crippen LogP contribution < -0.4 is 5.56 Å². The number of carbonyl (C=O) groups is 1. The van der Waals surface area contributed by atoms with Crippen molar-refractivity contribution in [2.75, 3.05) is 0 Å². The second-order valence-corrected chi connectivity index (χ2v) is 9.50. The number of nitrogens with zero attached hydrogens (tertiary/aromatic N) is 7. The number of aliphatic imine (C=N–C) groups is 1. The van der Waals surface area contributed by atoms with Gasteiger partial charge >= 0.3 is 5.97 Å². The highest BCUT2D eigenvalue weighted by Crippen LogP contribution is 2.40. The SMILES string of the molecule is Cl.O=C(O)c1cc(C2=CN=C([C@@H]3CCc4c(Cl)c(-c5cc(Cl)ccc5-n5cnnn5)cc(=O)n43)C2)ccn1. The standard InChI is InChI=1S/C25H17Cl2N7O3.ClH/c26-15-1-2-20(33-12-30-31-32-33)16(9-15)17-10-23(35)34-21(3-4-22(34)24(17)27)18-8-14(11-29-18)13-5-6-28-19(7-13)25(36)37;/h1-2,5-7,9-12,21H,3-4,8H2,(H,36,37);1H/t21-;/m0./s1. The van der Waals surface area contributed by atoms with Crippen LogP contribution in [0.1, 0.15) is 40.6 Å². The predicted molar refractivity (Wildman–Crippen MR) is 145 cm³/mol. The summed E-state index contributed by atoms with van der Waals surface area (Å²) in [6.45, 7) is 0. The van der Waals surface area contributed by atoms with E-state index in [1.54, 1.807) is 35.0 Å². The quantitative estimate of drug-likeness (QED) is 0.369. The molecule has 6 rings (SSSR count). The van der Waals surface area contributed by atoms with Gasteiger partial charge in [0.15, 0.2) is 0 Å². The van der Waals surface area contributed by atoms with Crippen molar-refractivity contribution in [3.8, 4) is 16.8 Å². The van der Waals surface area contributed by atoms with Gasteiger partial charge in [-0.15, -0.1) is 17.5 Å². The molecule has 0 unspecified atom stereocenters. The monoisotopic (exact) mass is 569 g/mol. The third-order valence-corrected chi connectivity index (χ3v) is 7.25. The van der Waals surface area contributed by atoms with Crippen LogP contribution in [0.25, 0.3) is 22.4 Å². The number of carboxylic acids is 1. The van der Waals surface area contributed by atoms with Crippen LogP contribution in [0.3, 0.4) is 0 Å². The Morgan fingerprint density at radius 2 is 1.95 bits per heavy atom. The number of halogens is 3. The van der Waals surface area contributed by atoms with E-state index in [0.29, 0.717) is 46.1 Å². The summed E-state index contributed by atoms with van der Waals surface area (Å²) in [4.78, 5) is 33.2. The number of allylic oxidation sites excluding steroid dienone is 1. The lowest BCUT2D eigenvalue weighted by atomic mass is 9.99. The smallest absolute Gasteiger partial charge is 0.354 e. The molecule has 0 saturated carbocycles. The molecule has 3 aromatic heterocycles. The number of hydrogen-bond acceptors (Lipinski definition) is 7. The highest BCUT2D eigenvalue weighted by Gasteiger charge is 2.32. The molecule has 38 heavy (non-hydrogen) atoms. The van der Waals surface area contributed by atoms with Gasteiger partial charge < -0.3 is 9.67 Å². The number of tetrazole rings is 1. The largest absolute Gasteiger partial charge is 0.477 e. The summed E-state index contributed by atoms with van der Waals surface area (Å²) in [5, 5.41) is 21.6. The Bertz CT molecular complexity index is 1700. The predicted octanol–water partition coefficient (Wildman–Crippen LogP) is 4.69. The molecule has 4 aromatic rings. The highest BCUT2D eigenvalue weighted by atomic mass is 35.5. The van der Waals surface area contributed by atoms with Gasteiger partial charge in [-0.1, -0.05) is 23.2 Å². The maximum atomic E-state index is 13.5.